The van der Waals surface area contributed by atoms with Crippen LogP contribution in [0.25, 0.3) is 0 Å². The largest absolute Gasteiger partial charge is 0.396 e. The Kier molecular flexibility index (Phi) is 5.58. The highest BCUT2D eigenvalue weighted by atomic mass is 16.3. The van der Waals surface area contributed by atoms with E-state index >= 15 is 0 Å². The summed E-state index contributed by atoms with van der Waals surface area (Å²) in [5.74, 6) is 0.403. The molecule has 1 aliphatic heterocycles. The van der Waals surface area contributed by atoms with Gasteiger partial charge in [0.1, 0.15) is 0 Å². The van der Waals surface area contributed by atoms with Crippen LogP contribution in [-0.2, 0) is 0 Å². The first-order valence-corrected chi connectivity index (χ1v) is 7.82. The van der Waals surface area contributed by atoms with E-state index in [1.54, 1.807) is 0 Å². The summed E-state index contributed by atoms with van der Waals surface area (Å²) >= 11 is 0. The molecule has 3 N–H and O–H groups in total. The Balaban J connectivity index is 2.23. The summed E-state index contributed by atoms with van der Waals surface area (Å²) in [5, 5.41) is 9.44. The van der Waals surface area contributed by atoms with Gasteiger partial charge in [-0.15, -0.1) is 0 Å². The van der Waals surface area contributed by atoms with Crippen molar-refractivity contribution >= 4 is 0 Å². The molecule has 0 amide bonds. The first-order valence-electron chi connectivity index (χ1n) is 7.82. The van der Waals surface area contributed by atoms with Crippen LogP contribution in [0.3, 0.4) is 0 Å². The fourth-order valence-electron chi connectivity index (χ4n) is 3.31. The number of aryl methyl sites for hydroxylation is 1. The molecular weight excluding hydrogens is 248 g/mol. The molecule has 3 atom stereocenters. The van der Waals surface area contributed by atoms with E-state index in [0.717, 1.165) is 32.4 Å². The number of piperidine rings is 1. The maximum atomic E-state index is 9.44. The molecule has 3 heteroatoms. The molecule has 1 heterocycles. The number of hydrogen-bond donors (Lipinski definition) is 2. The second-order valence-corrected chi connectivity index (χ2v) is 6.12. The third kappa shape index (κ3) is 3.60. The maximum Gasteiger partial charge on any atom is 0.0499 e. The summed E-state index contributed by atoms with van der Waals surface area (Å²) in [5.41, 5.74) is 9.01. The number of likely N-dealkylation sites (tertiary alicyclic amines) is 1. The highest BCUT2D eigenvalue weighted by Crippen LogP contribution is 2.30. The topological polar surface area (TPSA) is 49.5 Å². The summed E-state index contributed by atoms with van der Waals surface area (Å²) in [6.07, 6.45) is 3.26. The van der Waals surface area contributed by atoms with Crippen molar-refractivity contribution in [3.8, 4) is 0 Å². The van der Waals surface area contributed by atoms with Crippen molar-refractivity contribution < 1.29 is 5.11 Å². The van der Waals surface area contributed by atoms with E-state index in [2.05, 4.69) is 43.0 Å². The summed E-state index contributed by atoms with van der Waals surface area (Å²) in [4.78, 5) is 2.48. The van der Waals surface area contributed by atoms with Crippen molar-refractivity contribution in [1.82, 2.24) is 4.90 Å². The molecule has 0 aromatic heterocycles. The fraction of sp³-hybridized carbons (Fsp3) is 0.647. The summed E-state index contributed by atoms with van der Waals surface area (Å²) in [6.45, 7) is 6.62. The van der Waals surface area contributed by atoms with Crippen LogP contribution in [0.1, 0.15) is 43.4 Å². The maximum absolute atomic E-state index is 9.44. The quantitative estimate of drug-likeness (QED) is 0.868. The Morgan fingerprint density at radius 3 is 2.90 bits per heavy atom. The Morgan fingerprint density at radius 1 is 1.45 bits per heavy atom. The lowest BCUT2D eigenvalue weighted by Crippen LogP contribution is -2.46. The van der Waals surface area contributed by atoms with Gasteiger partial charge in [-0.05, 0) is 44.2 Å². The minimum atomic E-state index is 0.147. The highest BCUT2D eigenvalue weighted by Gasteiger charge is 2.29. The molecule has 0 spiro atoms. The summed E-state index contributed by atoms with van der Waals surface area (Å²) in [7, 11) is 0. The van der Waals surface area contributed by atoms with Gasteiger partial charge in [0.15, 0.2) is 0 Å². The van der Waals surface area contributed by atoms with E-state index in [9.17, 15) is 5.11 Å². The standard InChI is InChI=1S/C17H28N2O/c1-3-16(18)17(15-8-4-6-13(2)10-15)19-9-5-7-14(11-19)12-20/h4,6,8,10,14,16-17,20H,3,5,7,9,11-12,18H2,1-2H3. The summed E-state index contributed by atoms with van der Waals surface area (Å²) < 4.78 is 0. The number of aliphatic hydroxyl groups excluding tert-OH is 1. The van der Waals surface area contributed by atoms with Crippen LogP contribution >= 0.6 is 0 Å². The van der Waals surface area contributed by atoms with Crippen LogP contribution in [0.4, 0.5) is 0 Å². The molecule has 0 aliphatic carbocycles. The highest BCUT2D eigenvalue weighted by molar-refractivity contribution is 5.26. The minimum absolute atomic E-state index is 0.147. The van der Waals surface area contributed by atoms with Crippen molar-refractivity contribution in [1.29, 1.82) is 0 Å². The predicted octanol–water partition coefficient (Wildman–Crippen LogP) is 2.48. The van der Waals surface area contributed by atoms with E-state index in [0.29, 0.717) is 12.5 Å². The third-order valence-corrected chi connectivity index (χ3v) is 4.46. The lowest BCUT2D eigenvalue weighted by molar-refractivity contribution is 0.0763. The molecule has 1 fully saturated rings. The number of rotatable bonds is 5. The van der Waals surface area contributed by atoms with Gasteiger partial charge in [0.2, 0.25) is 0 Å². The molecule has 3 unspecified atom stereocenters. The number of aliphatic hydroxyl groups is 1. The molecule has 3 nitrogen and oxygen atoms in total. The Bertz CT molecular complexity index is 421. The molecule has 0 radical (unpaired) electrons. The Labute approximate surface area is 122 Å². The van der Waals surface area contributed by atoms with Crippen molar-refractivity contribution in [2.24, 2.45) is 11.7 Å². The first-order chi connectivity index (χ1) is 9.65. The second-order valence-electron chi connectivity index (χ2n) is 6.12. The SMILES string of the molecule is CCC(N)C(c1cccc(C)c1)N1CCCC(CO)C1. The number of nitrogens with zero attached hydrogens (tertiary/aromatic N) is 1. The number of nitrogens with two attached hydrogens (primary N) is 1. The van der Waals surface area contributed by atoms with E-state index < -0.39 is 0 Å². The van der Waals surface area contributed by atoms with E-state index in [1.165, 1.54) is 11.1 Å². The fourth-order valence-corrected chi connectivity index (χ4v) is 3.31. The molecule has 1 aliphatic rings. The van der Waals surface area contributed by atoms with Crippen LogP contribution in [-0.4, -0.2) is 35.7 Å². The van der Waals surface area contributed by atoms with Crippen molar-refractivity contribution in [3.05, 3.63) is 35.4 Å². The minimum Gasteiger partial charge on any atom is -0.396 e. The van der Waals surface area contributed by atoms with E-state index in [4.69, 9.17) is 5.73 Å². The molecule has 0 saturated carbocycles. The van der Waals surface area contributed by atoms with Gasteiger partial charge in [0.05, 0.1) is 0 Å². The van der Waals surface area contributed by atoms with Crippen molar-refractivity contribution in [2.75, 3.05) is 19.7 Å². The molecule has 0 bridgehead atoms. The monoisotopic (exact) mass is 276 g/mol. The zero-order valence-electron chi connectivity index (χ0n) is 12.8. The summed E-state index contributed by atoms with van der Waals surface area (Å²) in [6, 6.07) is 9.11. The van der Waals surface area contributed by atoms with Crippen molar-refractivity contribution in [3.63, 3.8) is 0 Å². The normalized spacial score (nSPS) is 23.5. The average Bonchev–Trinajstić information content (AvgIpc) is 2.47. The van der Waals surface area contributed by atoms with Gasteiger partial charge < -0.3 is 10.8 Å². The molecule has 1 aromatic rings. The smallest absolute Gasteiger partial charge is 0.0499 e. The molecule has 1 saturated heterocycles. The van der Waals surface area contributed by atoms with Gasteiger partial charge in [-0.1, -0.05) is 36.8 Å². The van der Waals surface area contributed by atoms with Gasteiger partial charge in [-0.2, -0.15) is 0 Å². The number of hydrogen-bond acceptors (Lipinski definition) is 3. The zero-order chi connectivity index (χ0) is 14.5. The van der Waals surface area contributed by atoms with Gasteiger partial charge in [0.25, 0.3) is 0 Å². The molecule has 1 aromatic carbocycles. The van der Waals surface area contributed by atoms with Crippen LogP contribution in [0, 0.1) is 12.8 Å². The second kappa shape index (κ2) is 7.21. The Morgan fingerprint density at radius 2 is 2.25 bits per heavy atom. The first kappa shape index (κ1) is 15.5. The third-order valence-electron chi connectivity index (χ3n) is 4.46. The van der Waals surface area contributed by atoms with Gasteiger partial charge in [-0.3, -0.25) is 4.90 Å². The van der Waals surface area contributed by atoms with Crippen LogP contribution in [0.15, 0.2) is 24.3 Å². The molecule has 2 rings (SSSR count). The zero-order valence-corrected chi connectivity index (χ0v) is 12.8. The predicted molar refractivity (Wildman–Crippen MR) is 83.6 cm³/mol. The van der Waals surface area contributed by atoms with E-state index in [-0.39, 0.29) is 12.1 Å². The number of benzene rings is 1. The molecule has 112 valence electrons. The van der Waals surface area contributed by atoms with Crippen LogP contribution in [0.5, 0.6) is 0 Å². The molecule has 20 heavy (non-hydrogen) atoms. The average molecular weight is 276 g/mol. The molecular formula is C17H28N2O. The Hall–Kier alpha value is -0.900. The van der Waals surface area contributed by atoms with E-state index in [1.807, 2.05) is 0 Å². The van der Waals surface area contributed by atoms with Crippen molar-refractivity contribution in [2.45, 2.75) is 45.2 Å². The lowest BCUT2D eigenvalue weighted by Gasteiger charge is -2.40. The van der Waals surface area contributed by atoms with Gasteiger partial charge in [-0.25, -0.2) is 0 Å². The van der Waals surface area contributed by atoms with Crippen LogP contribution < -0.4 is 5.73 Å². The van der Waals surface area contributed by atoms with Gasteiger partial charge >= 0.3 is 0 Å². The van der Waals surface area contributed by atoms with Gasteiger partial charge in [0, 0.05) is 25.2 Å². The lowest BCUT2D eigenvalue weighted by atomic mass is 9.90. The van der Waals surface area contributed by atoms with Crippen LogP contribution in [0.2, 0.25) is 0 Å².